The Balaban J connectivity index is 1.31. The summed E-state index contributed by atoms with van der Waals surface area (Å²) in [6.07, 6.45) is 3.85. The van der Waals surface area contributed by atoms with E-state index in [9.17, 15) is 4.79 Å². The predicted octanol–water partition coefficient (Wildman–Crippen LogP) is 3.75. The molecule has 3 N–H and O–H groups in total. The van der Waals surface area contributed by atoms with Crippen LogP contribution in [-0.2, 0) is 17.8 Å². The first-order valence-electron chi connectivity index (χ1n) is 12.1. The summed E-state index contributed by atoms with van der Waals surface area (Å²) in [4.78, 5) is 15.9. The number of rotatable bonds is 6. The smallest absolute Gasteiger partial charge is 0.272 e. The fourth-order valence-electron chi connectivity index (χ4n) is 5.23. The van der Waals surface area contributed by atoms with Crippen molar-refractivity contribution in [2.45, 2.75) is 57.9 Å². The van der Waals surface area contributed by atoms with E-state index in [1.165, 1.54) is 11.1 Å². The molecule has 178 valence electrons. The number of benzene rings is 2. The van der Waals surface area contributed by atoms with Gasteiger partial charge in [0.25, 0.3) is 5.91 Å². The molecule has 2 aliphatic heterocycles. The third kappa shape index (κ3) is 4.72. The van der Waals surface area contributed by atoms with Crippen LogP contribution in [0.1, 0.15) is 42.7 Å². The Labute approximate surface area is 200 Å². The highest BCUT2D eigenvalue weighted by Crippen LogP contribution is 2.30. The van der Waals surface area contributed by atoms with Gasteiger partial charge in [0.15, 0.2) is 5.69 Å². The van der Waals surface area contributed by atoms with Crippen molar-refractivity contribution in [3.05, 3.63) is 71.4 Å². The molecule has 2 saturated heterocycles. The van der Waals surface area contributed by atoms with Crippen LogP contribution < -0.4 is 11.1 Å². The first-order valence-corrected chi connectivity index (χ1v) is 12.1. The van der Waals surface area contributed by atoms with Gasteiger partial charge in [-0.1, -0.05) is 42.0 Å². The van der Waals surface area contributed by atoms with Crippen molar-refractivity contribution >= 4 is 22.5 Å². The summed E-state index contributed by atoms with van der Waals surface area (Å²) >= 11 is 0. The number of nitrogens with one attached hydrogen (secondary N) is 1. The van der Waals surface area contributed by atoms with Gasteiger partial charge in [0.1, 0.15) is 0 Å². The van der Waals surface area contributed by atoms with Crippen LogP contribution in [0.3, 0.4) is 0 Å². The van der Waals surface area contributed by atoms with Crippen molar-refractivity contribution in [3.8, 4) is 0 Å². The number of hydrogen-bond donors (Lipinski definition) is 2. The number of carbonyl (C=O) groups excluding carboxylic acids is 1. The Kier molecular flexibility index (Phi) is 6.39. The van der Waals surface area contributed by atoms with E-state index in [0.717, 1.165) is 36.0 Å². The van der Waals surface area contributed by atoms with E-state index in [1.807, 2.05) is 47.1 Å². The maximum Gasteiger partial charge on any atom is 0.272 e. The van der Waals surface area contributed by atoms with E-state index in [2.05, 4.69) is 36.2 Å². The molecule has 2 aromatic carbocycles. The van der Waals surface area contributed by atoms with Crippen LogP contribution in [0.2, 0.25) is 0 Å². The standard InChI is InChI=1S/C27H33N5O2/c1-18(2)10-11-32-25-9-4-3-8-24(25)26(30-32)27(33)29-21-13-22-16-34-17-23(14-21)31(22)15-19-6-5-7-20(28)12-19/h3-10,12,21-23H,11,13-17,28H2,1-2H3,(H,29,33). The van der Waals surface area contributed by atoms with Gasteiger partial charge in [-0.05, 0) is 50.5 Å². The van der Waals surface area contributed by atoms with Gasteiger partial charge in [0.05, 0.1) is 25.3 Å². The van der Waals surface area contributed by atoms with Crippen LogP contribution in [-0.4, -0.2) is 51.9 Å². The van der Waals surface area contributed by atoms with Gasteiger partial charge in [-0.2, -0.15) is 5.10 Å². The van der Waals surface area contributed by atoms with Gasteiger partial charge in [-0.15, -0.1) is 0 Å². The van der Waals surface area contributed by atoms with Crippen LogP contribution in [0.5, 0.6) is 0 Å². The Morgan fingerprint density at radius 2 is 1.91 bits per heavy atom. The lowest BCUT2D eigenvalue weighted by atomic mass is 9.89. The highest BCUT2D eigenvalue weighted by Gasteiger charge is 2.39. The minimum atomic E-state index is -0.0968. The number of nitrogens with two attached hydrogens (primary N) is 1. The van der Waals surface area contributed by atoms with Gasteiger partial charge in [-0.25, -0.2) is 0 Å². The number of fused-ring (bicyclic) bond motifs is 3. The molecule has 34 heavy (non-hydrogen) atoms. The Hall–Kier alpha value is -3.16. The predicted molar refractivity (Wildman–Crippen MR) is 134 cm³/mol. The molecule has 0 radical (unpaired) electrons. The summed E-state index contributed by atoms with van der Waals surface area (Å²) in [5.74, 6) is -0.0968. The number of aromatic nitrogens is 2. The molecule has 5 rings (SSSR count). The zero-order chi connectivity index (χ0) is 23.7. The molecule has 2 fully saturated rings. The van der Waals surface area contributed by atoms with E-state index < -0.39 is 0 Å². The molecule has 0 aliphatic carbocycles. The number of amides is 1. The normalized spacial score (nSPS) is 22.5. The molecule has 3 heterocycles. The molecular formula is C27H33N5O2. The van der Waals surface area contributed by atoms with E-state index >= 15 is 0 Å². The molecule has 2 atom stereocenters. The van der Waals surface area contributed by atoms with Gasteiger partial charge < -0.3 is 15.8 Å². The van der Waals surface area contributed by atoms with Crippen molar-refractivity contribution < 1.29 is 9.53 Å². The van der Waals surface area contributed by atoms with E-state index in [-0.39, 0.29) is 24.0 Å². The van der Waals surface area contributed by atoms with Gasteiger partial charge in [-0.3, -0.25) is 14.4 Å². The molecule has 1 aromatic heterocycles. The van der Waals surface area contributed by atoms with Gasteiger partial charge >= 0.3 is 0 Å². The topological polar surface area (TPSA) is 85.4 Å². The third-order valence-corrected chi connectivity index (χ3v) is 6.87. The Bertz CT molecular complexity index is 1200. The van der Waals surface area contributed by atoms with Gasteiger partial charge in [0.2, 0.25) is 0 Å². The quantitative estimate of drug-likeness (QED) is 0.433. The first-order chi connectivity index (χ1) is 16.5. The summed E-state index contributed by atoms with van der Waals surface area (Å²) in [5, 5.41) is 8.88. The maximum atomic E-state index is 13.3. The average Bonchev–Trinajstić information content (AvgIpc) is 3.17. The van der Waals surface area contributed by atoms with Crippen LogP contribution in [0, 0.1) is 0 Å². The number of nitrogen functional groups attached to an aromatic ring is 1. The van der Waals surface area contributed by atoms with Crippen molar-refractivity contribution in [1.29, 1.82) is 0 Å². The number of nitrogens with zero attached hydrogens (tertiary/aromatic N) is 3. The fourth-order valence-corrected chi connectivity index (χ4v) is 5.23. The number of allylic oxidation sites excluding steroid dienone is 2. The summed E-state index contributed by atoms with van der Waals surface area (Å²) in [6, 6.07) is 16.7. The Morgan fingerprint density at radius 1 is 1.15 bits per heavy atom. The highest BCUT2D eigenvalue weighted by molar-refractivity contribution is 6.05. The minimum absolute atomic E-state index is 0.0968. The second-order valence-corrected chi connectivity index (χ2v) is 9.73. The van der Waals surface area contributed by atoms with Crippen LogP contribution in [0.4, 0.5) is 5.69 Å². The molecule has 7 nitrogen and oxygen atoms in total. The minimum Gasteiger partial charge on any atom is -0.399 e. The number of piperidine rings is 1. The summed E-state index contributed by atoms with van der Waals surface area (Å²) < 4.78 is 7.78. The molecule has 2 aliphatic rings. The second kappa shape index (κ2) is 9.60. The SMILES string of the molecule is CC(C)=CCn1nc(C(=O)NC2CC3COCC(C2)N3Cc2cccc(N)c2)c2ccccc21. The molecule has 0 saturated carbocycles. The maximum absolute atomic E-state index is 13.3. The first kappa shape index (κ1) is 22.6. The van der Waals surface area contributed by atoms with Crippen molar-refractivity contribution in [1.82, 2.24) is 20.0 Å². The average molecular weight is 460 g/mol. The molecule has 1 amide bonds. The van der Waals surface area contributed by atoms with Crippen molar-refractivity contribution in [2.75, 3.05) is 18.9 Å². The highest BCUT2D eigenvalue weighted by atomic mass is 16.5. The largest absolute Gasteiger partial charge is 0.399 e. The molecule has 0 spiro atoms. The lowest BCUT2D eigenvalue weighted by molar-refractivity contribution is -0.0843. The number of anilines is 1. The monoisotopic (exact) mass is 459 g/mol. The van der Waals surface area contributed by atoms with Gasteiger partial charge in [0, 0.05) is 35.7 Å². The van der Waals surface area contributed by atoms with Crippen molar-refractivity contribution in [2.24, 2.45) is 0 Å². The van der Waals surface area contributed by atoms with E-state index in [1.54, 1.807) is 0 Å². The Morgan fingerprint density at radius 3 is 2.65 bits per heavy atom. The molecule has 2 unspecified atom stereocenters. The zero-order valence-electron chi connectivity index (χ0n) is 19.9. The summed E-state index contributed by atoms with van der Waals surface area (Å²) in [7, 11) is 0. The van der Waals surface area contributed by atoms with Crippen LogP contribution in [0.15, 0.2) is 60.2 Å². The number of hydrogen-bond acceptors (Lipinski definition) is 5. The van der Waals surface area contributed by atoms with Crippen molar-refractivity contribution in [3.63, 3.8) is 0 Å². The van der Waals surface area contributed by atoms with E-state index in [0.29, 0.717) is 25.5 Å². The number of ether oxygens (including phenoxy) is 1. The third-order valence-electron chi connectivity index (χ3n) is 6.87. The van der Waals surface area contributed by atoms with Crippen LogP contribution in [0.25, 0.3) is 10.9 Å². The lowest BCUT2D eigenvalue weighted by Gasteiger charge is -2.48. The second-order valence-electron chi connectivity index (χ2n) is 9.73. The summed E-state index contributed by atoms with van der Waals surface area (Å²) in [6.45, 7) is 7.01. The molecule has 3 aromatic rings. The van der Waals surface area contributed by atoms with E-state index in [4.69, 9.17) is 15.6 Å². The summed E-state index contributed by atoms with van der Waals surface area (Å²) in [5.41, 5.74) is 10.7. The number of morpholine rings is 1. The van der Waals surface area contributed by atoms with Crippen LogP contribution >= 0.6 is 0 Å². The molecule has 7 heteroatoms. The molecule has 2 bridgehead atoms. The zero-order valence-corrected chi connectivity index (χ0v) is 19.9. The number of para-hydroxylation sites is 1. The fraction of sp³-hybridized carbons (Fsp3) is 0.407. The lowest BCUT2D eigenvalue weighted by Crippen LogP contribution is -2.60. The molecular weight excluding hydrogens is 426 g/mol. The number of carbonyl (C=O) groups is 1.